The van der Waals surface area contributed by atoms with Crippen LogP contribution < -0.4 is 5.32 Å². The molecule has 1 atom stereocenters. The Morgan fingerprint density at radius 2 is 1.65 bits per heavy atom. The van der Waals surface area contributed by atoms with Gasteiger partial charge in [-0.25, -0.2) is 4.39 Å². The van der Waals surface area contributed by atoms with E-state index in [0.29, 0.717) is 0 Å². The molecule has 0 fully saturated rings. The SMILES string of the molecule is CNC(Cc1cc(F)ccc1C)c1ccc(C)c(C)c1. The van der Waals surface area contributed by atoms with Crippen molar-refractivity contribution in [3.63, 3.8) is 0 Å². The number of nitrogens with one attached hydrogen (secondary N) is 1. The lowest BCUT2D eigenvalue weighted by atomic mass is 9.94. The second-order valence-electron chi connectivity index (χ2n) is 5.46. The highest BCUT2D eigenvalue weighted by Crippen LogP contribution is 2.23. The van der Waals surface area contributed by atoms with Gasteiger partial charge in [-0.1, -0.05) is 24.3 Å². The minimum Gasteiger partial charge on any atom is -0.313 e. The highest BCUT2D eigenvalue weighted by molar-refractivity contribution is 5.34. The van der Waals surface area contributed by atoms with E-state index in [0.717, 1.165) is 17.5 Å². The van der Waals surface area contributed by atoms with Crippen molar-refractivity contribution in [2.24, 2.45) is 0 Å². The Bertz CT molecular complexity index is 604. The van der Waals surface area contributed by atoms with Crippen LogP contribution in [0, 0.1) is 26.6 Å². The molecule has 0 aromatic heterocycles. The fraction of sp³-hybridized carbons (Fsp3) is 0.333. The summed E-state index contributed by atoms with van der Waals surface area (Å²) in [5.74, 6) is -0.166. The van der Waals surface area contributed by atoms with Gasteiger partial charge in [-0.2, -0.15) is 0 Å². The smallest absolute Gasteiger partial charge is 0.123 e. The Labute approximate surface area is 120 Å². The number of halogens is 1. The van der Waals surface area contributed by atoms with E-state index in [9.17, 15) is 4.39 Å². The molecule has 2 aromatic rings. The Morgan fingerprint density at radius 1 is 0.950 bits per heavy atom. The van der Waals surface area contributed by atoms with Gasteiger partial charge >= 0.3 is 0 Å². The molecule has 0 saturated heterocycles. The van der Waals surface area contributed by atoms with E-state index in [1.807, 2.05) is 20.0 Å². The quantitative estimate of drug-likeness (QED) is 0.876. The summed E-state index contributed by atoms with van der Waals surface area (Å²) in [6.07, 6.45) is 0.794. The monoisotopic (exact) mass is 271 g/mol. The van der Waals surface area contributed by atoms with E-state index < -0.39 is 0 Å². The van der Waals surface area contributed by atoms with Crippen LogP contribution in [0.15, 0.2) is 36.4 Å². The molecule has 0 aliphatic heterocycles. The van der Waals surface area contributed by atoms with Gasteiger partial charge in [0, 0.05) is 6.04 Å². The Hall–Kier alpha value is -1.67. The maximum absolute atomic E-state index is 13.4. The van der Waals surface area contributed by atoms with Crippen molar-refractivity contribution in [2.45, 2.75) is 33.2 Å². The first kappa shape index (κ1) is 14.7. The molecule has 0 bridgehead atoms. The molecule has 0 saturated carbocycles. The molecule has 0 amide bonds. The molecule has 20 heavy (non-hydrogen) atoms. The van der Waals surface area contributed by atoms with E-state index >= 15 is 0 Å². The van der Waals surface area contributed by atoms with Crippen LogP contribution in [0.4, 0.5) is 4.39 Å². The van der Waals surface area contributed by atoms with E-state index in [2.05, 4.69) is 37.4 Å². The number of rotatable bonds is 4. The molecule has 2 heteroatoms. The van der Waals surface area contributed by atoms with Crippen molar-refractivity contribution in [1.82, 2.24) is 5.32 Å². The average Bonchev–Trinajstić information content (AvgIpc) is 2.43. The maximum atomic E-state index is 13.4. The van der Waals surface area contributed by atoms with Crippen molar-refractivity contribution in [3.05, 3.63) is 70.0 Å². The lowest BCUT2D eigenvalue weighted by molar-refractivity contribution is 0.582. The lowest BCUT2D eigenvalue weighted by Crippen LogP contribution is -2.19. The second kappa shape index (κ2) is 6.19. The summed E-state index contributed by atoms with van der Waals surface area (Å²) in [4.78, 5) is 0. The molecule has 2 rings (SSSR count). The second-order valence-corrected chi connectivity index (χ2v) is 5.46. The summed E-state index contributed by atoms with van der Waals surface area (Å²) in [5.41, 5.74) is 6.03. The molecule has 106 valence electrons. The summed E-state index contributed by atoms with van der Waals surface area (Å²) in [6, 6.07) is 11.7. The van der Waals surface area contributed by atoms with Crippen LogP contribution in [0.25, 0.3) is 0 Å². The van der Waals surface area contributed by atoms with Crippen LogP contribution >= 0.6 is 0 Å². The third-order valence-electron chi connectivity index (χ3n) is 4.02. The summed E-state index contributed by atoms with van der Waals surface area (Å²) in [5, 5.41) is 3.34. The van der Waals surface area contributed by atoms with Crippen molar-refractivity contribution < 1.29 is 4.39 Å². The van der Waals surface area contributed by atoms with Crippen LogP contribution in [0.3, 0.4) is 0 Å². The molecule has 0 spiro atoms. The molecule has 0 aliphatic rings. The molecular weight excluding hydrogens is 249 g/mol. The number of benzene rings is 2. The van der Waals surface area contributed by atoms with Gasteiger partial charge in [-0.3, -0.25) is 0 Å². The zero-order chi connectivity index (χ0) is 14.7. The van der Waals surface area contributed by atoms with E-state index in [4.69, 9.17) is 0 Å². The molecule has 1 nitrogen and oxygen atoms in total. The largest absolute Gasteiger partial charge is 0.313 e. The van der Waals surface area contributed by atoms with Crippen molar-refractivity contribution in [2.75, 3.05) is 7.05 Å². The molecule has 0 radical (unpaired) electrons. The Morgan fingerprint density at radius 3 is 2.30 bits per heavy atom. The summed E-state index contributed by atoms with van der Waals surface area (Å²) in [7, 11) is 1.95. The first-order valence-electron chi connectivity index (χ1n) is 7.00. The van der Waals surface area contributed by atoms with Crippen LogP contribution in [0.2, 0.25) is 0 Å². The van der Waals surface area contributed by atoms with Gasteiger partial charge in [0.25, 0.3) is 0 Å². The van der Waals surface area contributed by atoms with Gasteiger partial charge in [0.1, 0.15) is 5.82 Å². The normalized spacial score (nSPS) is 12.4. The van der Waals surface area contributed by atoms with Gasteiger partial charge < -0.3 is 5.32 Å². The van der Waals surface area contributed by atoms with Crippen LogP contribution in [0.1, 0.15) is 33.9 Å². The van der Waals surface area contributed by atoms with Gasteiger partial charge in [0.05, 0.1) is 0 Å². The topological polar surface area (TPSA) is 12.0 Å². The first-order chi connectivity index (χ1) is 9.51. The minimum atomic E-state index is -0.166. The fourth-order valence-electron chi connectivity index (χ4n) is 2.45. The van der Waals surface area contributed by atoms with E-state index in [1.54, 1.807) is 6.07 Å². The van der Waals surface area contributed by atoms with E-state index in [1.165, 1.54) is 22.8 Å². The number of aryl methyl sites for hydroxylation is 3. The highest BCUT2D eigenvalue weighted by atomic mass is 19.1. The number of hydrogen-bond donors (Lipinski definition) is 1. The molecule has 0 aliphatic carbocycles. The molecule has 1 unspecified atom stereocenters. The lowest BCUT2D eigenvalue weighted by Gasteiger charge is -2.19. The Balaban J connectivity index is 2.28. The van der Waals surface area contributed by atoms with Gasteiger partial charge in [-0.05, 0) is 74.2 Å². The first-order valence-corrected chi connectivity index (χ1v) is 7.00. The predicted molar refractivity (Wildman–Crippen MR) is 82.6 cm³/mol. The zero-order valence-electron chi connectivity index (χ0n) is 12.6. The molecular formula is C18H22FN. The highest BCUT2D eigenvalue weighted by Gasteiger charge is 2.12. The van der Waals surface area contributed by atoms with Crippen molar-refractivity contribution in [1.29, 1.82) is 0 Å². The predicted octanol–water partition coefficient (Wildman–Crippen LogP) is 4.25. The zero-order valence-corrected chi connectivity index (χ0v) is 12.6. The maximum Gasteiger partial charge on any atom is 0.123 e. The minimum absolute atomic E-state index is 0.166. The number of likely N-dealkylation sites (N-methyl/N-ethyl adjacent to an activating group) is 1. The summed E-state index contributed by atoms with van der Waals surface area (Å²) in [6.45, 7) is 6.27. The molecule has 1 N–H and O–H groups in total. The Kier molecular flexibility index (Phi) is 4.56. The van der Waals surface area contributed by atoms with Crippen LogP contribution in [-0.2, 0) is 6.42 Å². The average molecular weight is 271 g/mol. The third kappa shape index (κ3) is 3.26. The summed E-state index contributed by atoms with van der Waals surface area (Å²) >= 11 is 0. The number of hydrogen-bond acceptors (Lipinski definition) is 1. The summed E-state index contributed by atoms with van der Waals surface area (Å²) < 4.78 is 13.4. The van der Waals surface area contributed by atoms with Gasteiger partial charge in [0.2, 0.25) is 0 Å². The van der Waals surface area contributed by atoms with Gasteiger partial charge in [0.15, 0.2) is 0 Å². The third-order valence-corrected chi connectivity index (χ3v) is 4.02. The molecule has 2 aromatic carbocycles. The van der Waals surface area contributed by atoms with Crippen LogP contribution in [-0.4, -0.2) is 7.05 Å². The van der Waals surface area contributed by atoms with Crippen molar-refractivity contribution >= 4 is 0 Å². The van der Waals surface area contributed by atoms with Crippen molar-refractivity contribution in [3.8, 4) is 0 Å². The standard InChI is InChI=1S/C18H22FN/c1-12-5-7-15(9-14(12)3)18(20-4)11-16-10-17(19)8-6-13(16)2/h5-10,18,20H,11H2,1-4H3. The van der Waals surface area contributed by atoms with Gasteiger partial charge in [-0.15, -0.1) is 0 Å². The fourth-order valence-corrected chi connectivity index (χ4v) is 2.45. The molecule has 0 heterocycles. The van der Waals surface area contributed by atoms with E-state index in [-0.39, 0.29) is 11.9 Å². The van der Waals surface area contributed by atoms with Crippen LogP contribution in [0.5, 0.6) is 0 Å².